The molecule has 1 N–H and O–H groups in total. The maximum Gasteiger partial charge on any atom is 0.336 e. The van der Waals surface area contributed by atoms with E-state index < -0.39 is 16.0 Å². The van der Waals surface area contributed by atoms with Gasteiger partial charge in [0.25, 0.3) is 0 Å². The van der Waals surface area contributed by atoms with Gasteiger partial charge in [-0.25, -0.2) is 13.2 Å². The van der Waals surface area contributed by atoms with Crippen molar-refractivity contribution < 1.29 is 18.3 Å². The molecular weight excluding hydrogens is 393 g/mol. The fourth-order valence-electron chi connectivity index (χ4n) is 2.25. The zero-order chi connectivity index (χ0) is 15.1. The number of carboxylic acid groups (broad SMARTS) is 1. The number of nitrogens with zero attached hydrogens (tertiary/aromatic N) is 1. The average molecular weight is 409 g/mol. The van der Waals surface area contributed by atoms with Gasteiger partial charge in [0.1, 0.15) is 0 Å². The van der Waals surface area contributed by atoms with Crippen LogP contribution >= 0.6 is 22.6 Å². The van der Waals surface area contributed by atoms with E-state index in [-0.39, 0.29) is 10.5 Å². The van der Waals surface area contributed by atoms with Crippen molar-refractivity contribution in [3.05, 3.63) is 27.3 Å². The largest absolute Gasteiger partial charge is 0.478 e. The first-order chi connectivity index (χ1) is 9.23. The third-order valence-corrected chi connectivity index (χ3v) is 6.53. The molecule has 1 aliphatic rings. The van der Waals surface area contributed by atoms with Crippen LogP contribution in [0.25, 0.3) is 0 Å². The Morgan fingerprint density at radius 2 is 1.85 bits per heavy atom. The molecule has 2 rings (SSSR count). The monoisotopic (exact) mass is 409 g/mol. The molecule has 0 saturated carbocycles. The predicted octanol–water partition coefficient (Wildman–Crippen LogP) is 2.27. The van der Waals surface area contributed by atoms with Crippen LogP contribution in [0.1, 0.15) is 24.2 Å². The molecule has 0 aromatic heterocycles. The third-order valence-electron chi connectivity index (χ3n) is 3.76. The molecule has 2 unspecified atom stereocenters. The predicted molar refractivity (Wildman–Crippen MR) is 83.2 cm³/mol. The molecule has 0 aliphatic carbocycles. The van der Waals surface area contributed by atoms with Crippen LogP contribution in [0.5, 0.6) is 0 Å². The first-order valence-electron chi connectivity index (χ1n) is 6.26. The van der Waals surface area contributed by atoms with Crippen LogP contribution in [0, 0.1) is 15.4 Å². The van der Waals surface area contributed by atoms with E-state index in [9.17, 15) is 13.2 Å². The first-order valence-corrected chi connectivity index (χ1v) is 8.78. The fraction of sp³-hybridized carbons (Fsp3) is 0.462. The quantitative estimate of drug-likeness (QED) is 0.778. The van der Waals surface area contributed by atoms with Gasteiger partial charge in [-0.1, -0.05) is 13.8 Å². The van der Waals surface area contributed by atoms with E-state index in [1.165, 1.54) is 22.5 Å². The number of aromatic carboxylic acids is 1. The molecule has 1 saturated heterocycles. The average Bonchev–Trinajstić information content (AvgIpc) is 2.70. The Morgan fingerprint density at radius 1 is 1.30 bits per heavy atom. The molecule has 110 valence electrons. The van der Waals surface area contributed by atoms with Gasteiger partial charge in [0.15, 0.2) is 0 Å². The number of halogens is 1. The van der Waals surface area contributed by atoms with Crippen LogP contribution in [0.2, 0.25) is 0 Å². The highest BCUT2D eigenvalue weighted by Crippen LogP contribution is 2.29. The van der Waals surface area contributed by atoms with Gasteiger partial charge in [-0.2, -0.15) is 4.31 Å². The summed E-state index contributed by atoms with van der Waals surface area (Å²) in [6, 6.07) is 4.24. The molecule has 1 aliphatic heterocycles. The highest BCUT2D eigenvalue weighted by atomic mass is 127. The topological polar surface area (TPSA) is 74.7 Å². The second kappa shape index (κ2) is 5.61. The van der Waals surface area contributed by atoms with Crippen molar-refractivity contribution in [2.24, 2.45) is 11.8 Å². The normalized spacial score (nSPS) is 23.9. The van der Waals surface area contributed by atoms with E-state index in [0.717, 1.165) is 0 Å². The molecule has 0 amide bonds. The summed E-state index contributed by atoms with van der Waals surface area (Å²) in [5, 5.41) is 9.09. The summed E-state index contributed by atoms with van der Waals surface area (Å²) in [5.74, 6) is -0.491. The van der Waals surface area contributed by atoms with Gasteiger partial charge in [-0.15, -0.1) is 0 Å². The first kappa shape index (κ1) is 15.7. The molecule has 1 aromatic rings. The number of hydrogen-bond acceptors (Lipinski definition) is 3. The maximum atomic E-state index is 12.5. The number of rotatable bonds is 3. The second-order valence-electron chi connectivity index (χ2n) is 5.22. The lowest BCUT2D eigenvalue weighted by Gasteiger charge is -2.16. The summed E-state index contributed by atoms with van der Waals surface area (Å²) in [7, 11) is -3.61. The highest BCUT2D eigenvalue weighted by Gasteiger charge is 2.35. The smallest absolute Gasteiger partial charge is 0.336 e. The summed E-state index contributed by atoms with van der Waals surface area (Å²) < 4.78 is 27.1. The molecular formula is C13H16INO4S. The number of hydrogen-bond donors (Lipinski definition) is 1. The minimum Gasteiger partial charge on any atom is -0.478 e. The van der Waals surface area contributed by atoms with Gasteiger partial charge in [0.05, 0.1) is 10.5 Å². The lowest BCUT2D eigenvalue weighted by Crippen LogP contribution is -2.29. The van der Waals surface area contributed by atoms with Gasteiger partial charge in [0.2, 0.25) is 10.0 Å². The SMILES string of the molecule is CC1CN(S(=O)(=O)c2ccc(I)c(C(=O)O)c2)CC1C. The molecule has 2 atom stereocenters. The van der Waals surface area contributed by atoms with E-state index in [0.29, 0.717) is 28.5 Å². The van der Waals surface area contributed by atoms with Gasteiger partial charge in [-0.05, 0) is 52.6 Å². The lowest BCUT2D eigenvalue weighted by molar-refractivity contribution is 0.0695. The zero-order valence-electron chi connectivity index (χ0n) is 11.2. The van der Waals surface area contributed by atoms with Crippen molar-refractivity contribution in [1.82, 2.24) is 4.31 Å². The van der Waals surface area contributed by atoms with Crippen LogP contribution < -0.4 is 0 Å². The van der Waals surface area contributed by atoms with E-state index in [4.69, 9.17) is 5.11 Å². The zero-order valence-corrected chi connectivity index (χ0v) is 14.2. The number of sulfonamides is 1. The van der Waals surface area contributed by atoms with E-state index >= 15 is 0 Å². The molecule has 1 fully saturated rings. The van der Waals surface area contributed by atoms with Crippen LogP contribution in [0.15, 0.2) is 23.1 Å². The Bertz CT molecular complexity index is 634. The number of benzene rings is 1. The Labute approximate surface area is 132 Å². The standard InChI is InChI=1S/C13H16INO4S/c1-8-6-15(7-9(8)2)20(18,19)10-3-4-12(14)11(5-10)13(16)17/h3-5,8-9H,6-7H2,1-2H3,(H,16,17). The van der Waals surface area contributed by atoms with Crippen LogP contribution in [0.3, 0.4) is 0 Å². The molecule has 7 heteroatoms. The minimum absolute atomic E-state index is 0.0203. The Morgan fingerprint density at radius 3 is 2.35 bits per heavy atom. The van der Waals surface area contributed by atoms with Gasteiger partial charge < -0.3 is 5.11 Å². The second-order valence-corrected chi connectivity index (χ2v) is 8.32. The van der Waals surface area contributed by atoms with Crippen molar-refractivity contribution in [2.45, 2.75) is 18.7 Å². The molecule has 0 radical (unpaired) electrons. The third kappa shape index (κ3) is 2.84. The van der Waals surface area contributed by atoms with Gasteiger partial charge >= 0.3 is 5.97 Å². The minimum atomic E-state index is -3.61. The van der Waals surface area contributed by atoms with E-state index in [1.54, 1.807) is 0 Å². The van der Waals surface area contributed by atoms with Gasteiger partial charge in [0, 0.05) is 16.7 Å². The van der Waals surface area contributed by atoms with E-state index in [1.807, 2.05) is 36.4 Å². The van der Waals surface area contributed by atoms with Crippen LogP contribution in [0.4, 0.5) is 0 Å². The molecule has 0 bridgehead atoms. The van der Waals surface area contributed by atoms with Crippen molar-refractivity contribution in [2.75, 3.05) is 13.1 Å². The Balaban J connectivity index is 2.40. The van der Waals surface area contributed by atoms with Crippen LogP contribution in [-0.4, -0.2) is 36.9 Å². The lowest BCUT2D eigenvalue weighted by atomic mass is 10.0. The summed E-state index contributed by atoms with van der Waals surface area (Å²) in [6.45, 7) is 5.02. The summed E-state index contributed by atoms with van der Waals surface area (Å²) >= 11 is 1.89. The fourth-order valence-corrected chi connectivity index (χ4v) is 4.48. The molecule has 1 aromatic carbocycles. The number of carbonyl (C=O) groups is 1. The number of carboxylic acids is 1. The molecule has 5 nitrogen and oxygen atoms in total. The van der Waals surface area contributed by atoms with Crippen molar-refractivity contribution in [3.63, 3.8) is 0 Å². The molecule has 20 heavy (non-hydrogen) atoms. The van der Waals surface area contributed by atoms with Gasteiger partial charge in [-0.3, -0.25) is 0 Å². The van der Waals surface area contributed by atoms with Crippen molar-refractivity contribution in [1.29, 1.82) is 0 Å². The van der Waals surface area contributed by atoms with Crippen molar-refractivity contribution >= 4 is 38.6 Å². The molecule has 0 spiro atoms. The Kier molecular flexibility index (Phi) is 4.41. The highest BCUT2D eigenvalue weighted by molar-refractivity contribution is 14.1. The Hall–Kier alpha value is -0.670. The van der Waals surface area contributed by atoms with E-state index in [2.05, 4.69) is 0 Å². The summed E-state index contributed by atoms with van der Waals surface area (Å²) in [5.41, 5.74) is 0.0203. The van der Waals surface area contributed by atoms with Crippen molar-refractivity contribution in [3.8, 4) is 0 Å². The van der Waals surface area contributed by atoms with Crippen LogP contribution in [-0.2, 0) is 10.0 Å². The molecule has 1 heterocycles. The maximum absolute atomic E-state index is 12.5. The summed E-state index contributed by atoms with van der Waals surface area (Å²) in [4.78, 5) is 11.2. The summed E-state index contributed by atoms with van der Waals surface area (Å²) in [6.07, 6.45) is 0.